The summed E-state index contributed by atoms with van der Waals surface area (Å²) in [6.45, 7) is 2.17. The number of aromatic hydroxyl groups is 1. The second-order valence-corrected chi connectivity index (χ2v) is 5.94. The van der Waals surface area contributed by atoms with Gasteiger partial charge in [0.25, 0.3) is 5.91 Å². The molecule has 0 bridgehead atoms. The fraction of sp³-hybridized carbons (Fsp3) is 0.190. The van der Waals surface area contributed by atoms with Gasteiger partial charge in [0, 0.05) is 11.1 Å². The van der Waals surface area contributed by atoms with Gasteiger partial charge in [0.1, 0.15) is 5.75 Å². The zero-order valence-corrected chi connectivity index (χ0v) is 13.8. The molecule has 0 fully saturated rings. The molecule has 0 radical (unpaired) electrons. The van der Waals surface area contributed by atoms with Crippen LogP contribution in [0.2, 0.25) is 0 Å². The van der Waals surface area contributed by atoms with Gasteiger partial charge >= 0.3 is 0 Å². The van der Waals surface area contributed by atoms with Crippen molar-refractivity contribution >= 4 is 22.4 Å². The molecular formula is C21H21NO2. The van der Waals surface area contributed by atoms with Gasteiger partial charge in [-0.1, -0.05) is 55.8 Å². The normalized spacial score (nSPS) is 10.7. The average molecular weight is 319 g/mol. The van der Waals surface area contributed by atoms with E-state index >= 15 is 0 Å². The molecule has 0 heterocycles. The van der Waals surface area contributed by atoms with E-state index in [1.807, 2.05) is 54.6 Å². The van der Waals surface area contributed by atoms with E-state index in [2.05, 4.69) is 12.2 Å². The highest BCUT2D eigenvalue weighted by Gasteiger charge is 2.13. The molecule has 2 N–H and O–H groups in total. The summed E-state index contributed by atoms with van der Waals surface area (Å²) in [5.41, 5.74) is 2.28. The van der Waals surface area contributed by atoms with E-state index in [0.29, 0.717) is 5.39 Å². The lowest BCUT2D eigenvalue weighted by Gasteiger charge is -2.10. The van der Waals surface area contributed by atoms with Crippen LogP contribution < -0.4 is 5.32 Å². The fourth-order valence-electron chi connectivity index (χ4n) is 2.77. The van der Waals surface area contributed by atoms with E-state index in [0.717, 1.165) is 23.9 Å². The minimum Gasteiger partial charge on any atom is -0.506 e. The molecule has 0 spiro atoms. The molecule has 3 aromatic rings. The number of rotatable bonds is 5. The minimum absolute atomic E-state index is 0.0187. The third kappa shape index (κ3) is 3.40. The number of nitrogens with one attached hydrogen (secondary N) is 1. The first kappa shape index (κ1) is 16.1. The van der Waals surface area contributed by atoms with Crippen LogP contribution in [0.15, 0.2) is 60.7 Å². The van der Waals surface area contributed by atoms with Crippen LogP contribution in [-0.4, -0.2) is 11.0 Å². The molecule has 0 aliphatic carbocycles. The van der Waals surface area contributed by atoms with E-state index in [4.69, 9.17) is 0 Å². The third-order valence-electron chi connectivity index (χ3n) is 4.18. The smallest absolute Gasteiger partial charge is 0.259 e. The van der Waals surface area contributed by atoms with Crippen molar-refractivity contribution in [2.45, 2.75) is 26.2 Å². The van der Waals surface area contributed by atoms with Crippen LogP contribution in [0, 0.1) is 0 Å². The zero-order chi connectivity index (χ0) is 16.9. The standard InChI is InChI=1S/C21H21NO2/c1-2-3-6-15-9-12-17(13-10-15)22-21(24)19-14-11-16-7-4-5-8-18(16)20(19)23/h4-5,7-14,23H,2-3,6H2,1H3,(H,22,24). The lowest BCUT2D eigenvalue weighted by atomic mass is 10.0. The molecule has 3 aromatic carbocycles. The Morgan fingerprint density at radius 2 is 1.75 bits per heavy atom. The summed E-state index contributed by atoms with van der Waals surface area (Å²) in [5.74, 6) is -0.287. The lowest BCUT2D eigenvalue weighted by molar-refractivity contribution is 0.102. The van der Waals surface area contributed by atoms with Crippen molar-refractivity contribution in [3.8, 4) is 5.75 Å². The molecule has 0 aliphatic rings. The molecule has 0 atom stereocenters. The highest BCUT2D eigenvalue weighted by atomic mass is 16.3. The largest absolute Gasteiger partial charge is 0.506 e. The van der Waals surface area contributed by atoms with E-state index in [1.165, 1.54) is 12.0 Å². The molecule has 3 heteroatoms. The highest BCUT2D eigenvalue weighted by molar-refractivity contribution is 6.09. The predicted molar refractivity (Wildman–Crippen MR) is 98.6 cm³/mol. The van der Waals surface area contributed by atoms with E-state index < -0.39 is 0 Å². The van der Waals surface area contributed by atoms with Crippen molar-refractivity contribution in [3.63, 3.8) is 0 Å². The molecule has 122 valence electrons. The summed E-state index contributed by atoms with van der Waals surface area (Å²) < 4.78 is 0. The van der Waals surface area contributed by atoms with Crippen molar-refractivity contribution < 1.29 is 9.90 Å². The number of benzene rings is 3. The Hall–Kier alpha value is -2.81. The second-order valence-electron chi connectivity index (χ2n) is 5.94. The first-order valence-electron chi connectivity index (χ1n) is 8.30. The highest BCUT2D eigenvalue weighted by Crippen LogP contribution is 2.29. The summed E-state index contributed by atoms with van der Waals surface area (Å²) in [5, 5.41) is 14.8. The van der Waals surface area contributed by atoms with Crippen LogP contribution in [-0.2, 0) is 6.42 Å². The Morgan fingerprint density at radius 3 is 2.50 bits per heavy atom. The van der Waals surface area contributed by atoms with Crippen LogP contribution in [0.4, 0.5) is 5.69 Å². The number of hydrogen-bond donors (Lipinski definition) is 2. The first-order chi connectivity index (χ1) is 11.7. The number of carbonyl (C=O) groups is 1. The van der Waals surface area contributed by atoms with Crippen LogP contribution in [0.1, 0.15) is 35.7 Å². The van der Waals surface area contributed by atoms with Gasteiger partial charge in [0.2, 0.25) is 0 Å². The Labute approximate surface area is 142 Å². The molecule has 0 unspecified atom stereocenters. The maximum Gasteiger partial charge on any atom is 0.259 e. The van der Waals surface area contributed by atoms with Gasteiger partial charge in [-0.2, -0.15) is 0 Å². The summed E-state index contributed by atoms with van der Waals surface area (Å²) in [4.78, 5) is 12.5. The molecule has 24 heavy (non-hydrogen) atoms. The van der Waals surface area contributed by atoms with Crippen molar-refractivity contribution in [2.75, 3.05) is 5.32 Å². The maximum atomic E-state index is 12.5. The van der Waals surface area contributed by atoms with Gasteiger partial charge < -0.3 is 10.4 Å². The van der Waals surface area contributed by atoms with Gasteiger partial charge in [-0.3, -0.25) is 4.79 Å². The number of phenols is 1. The van der Waals surface area contributed by atoms with Crippen LogP contribution in [0.25, 0.3) is 10.8 Å². The Kier molecular flexibility index (Phi) is 4.80. The molecule has 0 aliphatic heterocycles. The zero-order valence-electron chi connectivity index (χ0n) is 13.8. The van der Waals surface area contributed by atoms with Gasteiger partial charge in [-0.25, -0.2) is 0 Å². The van der Waals surface area contributed by atoms with Crippen LogP contribution >= 0.6 is 0 Å². The van der Waals surface area contributed by atoms with Gasteiger partial charge in [-0.05, 0) is 42.0 Å². The molecule has 0 saturated heterocycles. The summed E-state index contributed by atoms with van der Waals surface area (Å²) in [6, 6.07) is 18.8. The van der Waals surface area contributed by atoms with Gasteiger partial charge in [0.05, 0.1) is 5.56 Å². The van der Waals surface area contributed by atoms with Gasteiger partial charge in [0.15, 0.2) is 0 Å². The number of anilines is 1. The first-order valence-corrected chi connectivity index (χ1v) is 8.30. The molecule has 1 amide bonds. The van der Waals surface area contributed by atoms with E-state index in [-0.39, 0.29) is 17.2 Å². The maximum absolute atomic E-state index is 12.5. The molecule has 0 aromatic heterocycles. The topological polar surface area (TPSA) is 49.3 Å². The van der Waals surface area contributed by atoms with Gasteiger partial charge in [-0.15, -0.1) is 0 Å². The molecule has 3 nitrogen and oxygen atoms in total. The lowest BCUT2D eigenvalue weighted by Crippen LogP contribution is -2.12. The molecule has 3 rings (SSSR count). The van der Waals surface area contributed by atoms with E-state index in [9.17, 15) is 9.90 Å². The Morgan fingerprint density at radius 1 is 1.00 bits per heavy atom. The summed E-state index contributed by atoms with van der Waals surface area (Å²) >= 11 is 0. The average Bonchev–Trinajstić information content (AvgIpc) is 2.61. The van der Waals surface area contributed by atoms with E-state index in [1.54, 1.807) is 6.07 Å². The second kappa shape index (κ2) is 7.18. The molecular weight excluding hydrogens is 298 g/mol. The molecule has 0 saturated carbocycles. The summed E-state index contributed by atoms with van der Waals surface area (Å²) in [6.07, 6.45) is 3.38. The summed E-state index contributed by atoms with van der Waals surface area (Å²) in [7, 11) is 0. The Bertz CT molecular complexity index is 853. The number of carbonyl (C=O) groups excluding carboxylic acids is 1. The number of aryl methyl sites for hydroxylation is 1. The minimum atomic E-state index is -0.306. The number of amides is 1. The number of fused-ring (bicyclic) bond motifs is 1. The number of phenolic OH excluding ortho intramolecular Hbond substituents is 1. The Balaban J connectivity index is 1.78. The van der Waals surface area contributed by atoms with Crippen LogP contribution in [0.3, 0.4) is 0 Å². The SMILES string of the molecule is CCCCc1ccc(NC(=O)c2ccc3ccccc3c2O)cc1. The van der Waals surface area contributed by atoms with Crippen molar-refractivity contribution in [1.29, 1.82) is 0 Å². The van der Waals surface area contributed by atoms with Crippen LogP contribution in [0.5, 0.6) is 5.75 Å². The number of unbranched alkanes of at least 4 members (excludes halogenated alkanes) is 1. The third-order valence-corrected chi connectivity index (χ3v) is 4.18. The van der Waals surface area contributed by atoms with Crippen molar-refractivity contribution in [1.82, 2.24) is 0 Å². The fourth-order valence-corrected chi connectivity index (χ4v) is 2.77. The predicted octanol–water partition coefficient (Wildman–Crippen LogP) is 5.14. The van der Waals surface area contributed by atoms with Crippen molar-refractivity contribution in [2.24, 2.45) is 0 Å². The van der Waals surface area contributed by atoms with Crippen molar-refractivity contribution in [3.05, 3.63) is 71.8 Å². The quantitative estimate of drug-likeness (QED) is 0.684. The monoisotopic (exact) mass is 319 g/mol. The number of hydrogen-bond acceptors (Lipinski definition) is 2.